The van der Waals surface area contributed by atoms with Gasteiger partial charge in [-0.05, 0) is 17.7 Å². The van der Waals surface area contributed by atoms with Crippen molar-refractivity contribution in [1.82, 2.24) is 10.3 Å². The van der Waals surface area contributed by atoms with Crippen LogP contribution in [0.2, 0.25) is 0 Å². The molecular formula is C14H13BrN2O3S. The number of ether oxygens (including phenoxy) is 1. The minimum atomic E-state index is -0.982. The first kappa shape index (κ1) is 14.5. The molecule has 0 radical (unpaired) electrons. The number of aromatic carboxylic acids is 1. The van der Waals surface area contributed by atoms with Gasteiger partial charge in [-0.25, -0.2) is 9.78 Å². The Morgan fingerprint density at radius 3 is 3.10 bits per heavy atom. The minimum Gasteiger partial charge on any atom is -0.493 e. The van der Waals surface area contributed by atoms with Crippen molar-refractivity contribution in [2.45, 2.75) is 19.5 Å². The van der Waals surface area contributed by atoms with Crippen LogP contribution in [0.5, 0.6) is 5.75 Å². The molecule has 1 aromatic heterocycles. The van der Waals surface area contributed by atoms with Crippen LogP contribution in [0.3, 0.4) is 0 Å². The standard InChI is InChI=1S/C14H13BrN2O3S/c15-10-3-8-1-2-20-12(8)9(4-10)5-16-6-11-7-21-13(17-11)14(18)19/h3-4,7,16H,1-2,5-6H2,(H,18,19). The normalized spacial score (nSPS) is 13.0. The molecule has 0 bridgehead atoms. The summed E-state index contributed by atoms with van der Waals surface area (Å²) in [6.45, 7) is 1.92. The van der Waals surface area contributed by atoms with E-state index in [0.29, 0.717) is 13.1 Å². The van der Waals surface area contributed by atoms with E-state index in [-0.39, 0.29) is 5.01 Å². The van der Waals surface area contributed by atoms with Crippen molar-refractivity contribution in [2.75, 3.05) is 6.61 Å². The number of aromatic nitrogens is 1. The number of nitrogens with one attached hydrogen (secondary N) is 1. The molecule has 0 saturated heterocycles. The van der Waals surface area contributed by atoms with Crippen LogP contribution < -0.4 is 10.1 Å². The molecule has 0 amide bonds. The number of nitrogens with zero attached hydrogens (tertiary/aromatic N) is 1. The molecule has 1 aromatic carbocycles. The molecule has 0 fully saturated rings. The Balaban J connectivity index is 1.64. The fraction of sp³-hybridized carbons (Fsp3) is 0.286. The maximum absolute atomic E-state index is 10.8. The average molecular weight is 369 g/mol. The summed E-state index contributed by atoms with van der Waals surface area (Å²) < 4.78 is 6.72. The molecule has 110 valence electrons. The van der Waals surface area contributed by atoms with Gasteiger partial charge in [0, 0.05) is 34.9 Å². The number of carboxylic acids is 1. The van der Waals surface area contributed by atoms with Gasteiger partial charge in [0.1, 0.15) is 5.75 Å². The molecule has 0 atom stereocenters. The van der Waals surface area contributed by atoms with E-state index in [0.717, 1.165) is 45.8 Å². The van der Waals surface area contributed by atoms with Crippen LogP contribution in [-0.2, 0) is 19.5 Å². The maximum atomic E-state index is 10.8. The molecule has 0 saturated carbocycles. The zero-order valence-corrected chi connectivity index (χ0v) is 13.5. The molecule has 7 heteroatoms. The van der Waals surface area contributed by atoms with E-state index in [4.69, 9.17) is 9.84 Å². The number of carboxylic acid groups (broad SMARTS) is 1. The molecule has 0 unspecified atom stereocenters. The molecule has 1 aliphatic heterocycles. The van der Waals surface area contributed by atoms with Crippen molar-refractivity contribution < 1.29 is 14.6 Å². The number of hydrogen-bond donors (Lipinski definition) is 2. The summed E-state index contributed by atoms with van der Waals surface area (Å²) in [5, 5.41) is 14.0. The Morgan fingerprint density at radius 2 is 2.33 bits per heavy atom. The lowest BCUT2D eigenvalue weighted by atomic mass is 10.1. The lowest BCUT2D eigenvalue weighted by Crippen LogP contribution is -2.14. The molecule has 1 aliphatic rings. The molecule has 5 nitrogen and oxygen atoms in total. The van der Waals surface area contributed by atoms with Crippen molar-refractivity contribution in [3.8, 4) is 5.75 Å². The summed E-state index contributed by atoms with van der Waals surface area (Å²) >= 11 is 4.66. The van der Waals surface area contributed by atoms with Crippen molar-refractivity contribution in [1.29, 1.82) is 0 Å². The van der Waals surface area contributed by atoms with Gasteiger partial charge in [-0.15, -0.1) is 11.3 Å². The SMILES string of the molecule is O=C(O)c1nc(CNCc2cc(Br)cc3c2OCC3)cs1. The van der Waals surface area contributed by atoms with Crippen LogP contribution >= 0.6 is 27.3 Å². The van der Waals surface area contributed by atoms with E-state index >= 15 is 0 Å². The van der Waals surface area contributed by atoms with Gasteiger partial charge in [0.15, 0.2) is 0 Å². The number of benzene rings is 1. The average Bonchev–Trinajstić information content (AvgIpc) is 3.06. The van der Waals surface area contributed by atoms with E-state index in [1.165, 1.54) is 5.56 Å². The zero-order chi connectivity index (χ0) is 14.8. The van der Waals surface area contributed by atoms with Crippen molar-refractivity contribution in [2.24, 2.45) is 0 Å². The monoisotopic (exact) mass is 368 g/mol. The van der Waals surface area contributed by atoms with Crippen LogP contribution in [0, 0.1) is 0 Å². The van der Waals surface area contributed by atoms with E-state index in [9.17, 15) is 4.79 Å². The van der Waals surface area contributed by atoms with E-state index in [1.54, 1.807) is 5.38 Å². The highest BCUT2D eigenvalue weighted by atomic mass is 79.9. The molecule has 3 rings (SSSR count). The molecule has 2 aromatic rings. The highest BCUT2D eigenvalue weighted by Crippen LogP contribution is 2.32. The Kier molecular flexibility index (Phi) is 4.23. The molecule has 0 spiro atoms. The largest absolute Gasteiger partial charge is 0.493 e. The van der Waals surface area contributed by atoms with Crippen molar-refractivity contribution in [3.05, 3.63) is 43.8 Å². The third-order valence-corrected chi connectivity index (χ3v) is 4.52. The number of thiazole rings is 1. The van der Waals surface area contributed by atoms with Crippen LogP contribution in [0.15, 0.2) is 22.0 Å². The van der Waals surface area contributed by atoms with Gasteiger partial charge in [-0.3, -0.25) is 0 Å². The second kappa shape index (κ2) is 6.13. The lowest BCUT2D eigenvalue weighted by Gasteiger charge is -2.09. The van der Waals surface area contributed by atoms with Gasteiger partial charge in [0.25, 0.3) is 0 Å². The van der Waals surface area contributed by atoms with Crippen LogP contribution in [0.1, 0.15) is 26.6 Å². The third kappa shape index (κ3) is 3.25. The van der Waals surface area contributed by atoms with Gasteiger partial charge in [0.05, 0.1) is 12.3 Å². The Morgan fingerprint density at radius 1 is 1.48 bits per heavy atom. The number of fused-ring (bicyclic) bond motifs is 1. The van der Waals surface area contributed by atoms with Gasteiger partial charge >= 0.3 is 5.97 Å². The Hall–Kier alpha value is -1.44. The molecule has 21 heavy (non-hydrogen) atoms. The quantitative estimate of drug-likeness (QED) is 0.848. The zero-order valence-electron chi connectivity index (χ0n) is 11.1. The number of hydrogen-bond acceptors (Lipinski definition) is 5. The van der Waals surface area contributed by atoms with E-state index in [1.807, 2.05) is 6.07 Å². The second-order valence-electron chi connectivity index (χ2n) is 4.70. The molecule has 2 N–H and O–H groups in total. The minimum absolute atomic E-state index is 0.124. The fourth-order valence-corrected chi connectivity index (χ4v) is 3.50. The highest BCUT2D eigenvalue weighted by molar-refractivity contribution is 9.10. The molecular weight excluding hydrogens is 356 g/mol. The predicted octanol–water partition coefficient (Wildman–Crippen LogP) is 2.83. The summed E-state index contributed by atoms with van der Waals surface area (Å²) in [6, 6.07) is 4.13. The van der Waals surface area contributed by atoms with Crippen molar-refractivity contribution in [3.63, 3.8) is 0 Å². The third-order valence-electron chi connectivity index (χ3n) is 3.18. The van der Waals surface area contributed by atoms with E-state index in [2.05, 4.69) is 32.3 Å². The highest BCUT2D eigenvalue weighted by Gasteiger charge is 2.17. The second-order valence-corrected chi connectivity index (χ2v) is 6.48. The topological polar surface area (TPSA) is 71.5 Å². The Labute approximate surface area is 134 Å². The van der Waals surface area contributed by atoms with E-state index < -0.39 is 5.97 Å². The number of carbonyl (C=O) groups is 1. The molecule has 2 heterocycles. The first-order valence-corrected chi connectivity index (χ1v) is 8.13. The summed E-state index contributed by atoms with van der Waals surface area (Å²) in [6.07, 6.45) is 0.940. The Bertz CT molecular complexity index is 687. The van der Waals surface area contributed by atoms with Gasteiger partial charge in [0.2, 0.25) is 5.01 Å². The van der Waals surface area contributed by atoms with Gasteiger partial charge < -0.3 is 15.2 Å². The smallest absolute Gasteiger partial charge is 0.365 e. The fourth-order valence-electron chi connectivity index (χ4n) is 2.29. The predicted molar refractivity (Wildman–Crippen MR) is 83.0 cm³/mol. The van der Waals surface area contributed by atoms with Gasteiger partial charge in [-0.2, -0.15) is 0 Å². The summed E-state index contributed by atoms with van der Waals surface area (Å²) in [4.78, 5) is 14.8. The van der Waals surface area contributed by atoms with Crippen molar-refractivity contribution >= 4 is 33.2 Å². The first-order valence-electron chi connectivity index (χ1n) is 6.46. The lowest BCUT2D eigenvalue weighted by molar-refractivity contribution is 0.0696. The van der Waals surface area contributed by atoms with Crippen LogP contribution in [-0.4, -0.2) is 22.7 Å². The maximum Gasteiger partial charge on any atom is 0.365 e. The van der Waals surface area contributed by atoms with Gasteiger partial charge in [-0.1, -0.05) is 15.9 Å². The number of rotatable bonds is 5. The van der Waals surface area contributed by atoms with Crippen LogP contribution in [0.25, 0.3) is 0 Å². The molecule has 0 aliphatic carbocycles. The summed E-state index contributed by atoms with van der Waals surface area (Å²) in [5.41, 5.74) is 3.07. The summed E-state index contributed by atoms with van der Waals surface area (Å²) in [5.74, 6) is -0.0142. The first-order chi connectivity index (χ1) is 10.1. The van der Waals surface area contributed by atoms with Crippen LogP contribution in [0.4, 0.5) is 0 Å². The number of halogens is 1. The summed E-state index contributed by atoms with van der Waals surface area (Å²) in [7, 11) is 0.